The van der Waals surface area contributed by atoms with Gasteiger partial charge in [-0.05, 0) is 50.1 Å². The maximum absolute atomic E-state index is 12.9. The van der Waals surface area contributed by atoms with Crippen LogP contribution in [0.15, 0.2) is 36.7 Å². The molecule has 25 heavy (non-hydrogen) atoms. The number of carbonyl (C=O) groups is 1. The van der Waals surface area contributed by atoms with Gasteiger partial charge in [0.1, 0.15) is 5.82 Å². The Bertz CT molecular complexity index is 943. The average Bonchev–Trinajstić information content (AvgIpc) is 3.11. The predicted octanol–water partition coefficient (Wildman–Crippen LogP) is 4.05. The fourth-order valence-electron chi connectivity index (χ4n) is 3.52. The summed E-state index contributed by atoms with van der Waals surface area (Å²) in [5, 5.41) is 0. The van der Waals surface area contributed by atoms with E-state index in [1.807, 2.05) is 36.9 Å². The van der Waals surface area contributed by atoms with Crippen LogP contribution in [-0.2, 0) is 10.2 Å². The lowest BCUT2D eigenvalue weighted by atomic mass is 9.86. The Morgan fingerprint density at radius 1 is 1.20 bits per heavy atom. The highest BCUT2D eigenvalue weighted by atomic mass is 16.2. The Labute approximate surface area is 147 Å². The van der Waals surface area contributed by atoms with Crippen LogP contribution >= 0.6 is 0 Å². The van der Waals surface area contributed by atoms with E-state index in [9.17, 15) is 4.79 Å². The van der Waals surface area contributed by atoms with E-state index in [0.29, 0.717) is 0 Å². The SMILES string of the molecule is CCCCN1C(=O)C(C)(C)c2cc3[nH]c(-c4ccncc4)nc3cc21. The van der Waals surface area contributed by atoms with E-state index in [-0.39, 0.29) is 5.91 Å². The zero-order valence-electron chi connectivity index (χ0n) is 14.8. The predicted molar refractivity (Wildman–Crippen MR) is 99.6 cm³/mol. The molecule has 1 aromatic carbocycles. The number of benzene rings is 1. The molecule has 1 aliphatic rings. The number of hydrogen-bond acceptors (Lipinski definition) is 3. The van der Waals surface area contributed by atoms with E-state index < -0.39 is 5.41 Å². The molecule has 0 saturated heterocycles. The van der Waals surface area contributed by atoms with E-state index in [2.05, 4.69) is 23.0 Å². The van der Waals surface area contributed by atoms with Gasteiger partial charge in [-0.1, -0.05) is 13.3 Å². The number of carbonyl (C=O) groups excluding carboxylic acids is 1. The number of fused-ring (bicyclic) bond motifs is 2. The molecule has 2 aromatic heterocycles. The summed E-state index contributed by atoms with van der Waals surface area (Å²) in [5.41, 5.74) is 4.43. The number of nitrogens with zero attached hydrogens (tertiary/aromatic N) is 3. The summed E-state index contributed by atoms with van der Waals surface area (Å²) in [5.74, 6) is 1.00. The first-order chi connectivity index (χ1) is 12.0. The lowest BCUT2D eigenvalue weighted by Gasteiger charge is -2.20. The highest BCUT2D eigenvalue weighted by Crippen LogP contribution is 2.43. The van der Waals surface area contributed by atoms with Crippen LogP contribution in [0, 0.1) is 0 Å². The summed E-state index contributed by atoms with van der Waals surface area (Å²) in [7, 11) is 0. The van der Waals surface area contributed by atoms with E-state index in [1.165, 1.54) is 0 Å². The Balaban J connectivity index is 1.84. The minimum Gasteiger partial charge on any atom is -0.338 e. The van der Waals surface area contributed by atoms with Gasteiger partial charge in [0.2, 0.25) is 5.91 Å². The normalized spacial score (nSPS) is 15.8. The first kappa shape index (κ1) is 15.8. The first-order valence-electron chi connectivity index (χ1n) is 8.79. The maximum Gasteiger partial charge on any atom is 0.237 e. The molecular weight excluding hydrogens is 312 g/mol. The first-order valence-corrected chi connectivity index (χ1v) is 8.79. The number of rotatable bonds is 4. The number of H-pyrrole nitrogens is 1. The van der Waals surface area contributed by atoms with Crippen molar-refractivity contribution in [2.45, 2.75) is 39.0 Å². The van der Waals surface area contributed by atoms with Crippen LogP contribution in [0.3, 0.4) is 0 Å². The fraction of sp³-hybridized carbons (Fsp3) is 0.350. The van der Waals surface area contributed by atoms with E-state index in [4.69, 9.17) is 4.98 Å². The second-order valence-electron chi connectivity index (χ2n) is 7.14. The van der Waals surface area contributed by atoms with Gasteiger partial charge in [-0.15, -0.1) is 0 Å². The molecule has 0 spiro atoms. The molecule has 0 radical (unpaired) electrons. The number of nitrogens with one attached hydrogen (secondary N) is 1. The van der Waals surface area contributed by atoms with Crippen LogP contribution in [-0.4, -0.2) is 27.4 Å². The van der Waals surface area contributed by atoms with Crippen molar-refractivity contribution in [3.63, 3.8) is 0 Å². The molecule has 1 amide bonds. The van der Waals surface area contributed by atoms with E-state index in [1.54, 1.807) is 12.4 Å². The number of amides is 1. The number of hydrogen-bond donors (Lipinski definition) is 1. The van der Waals surface area contributed by atoms with Crippen molar-refractivity contribution in [2.75, 3.05) is 11.4 Å². The van der Waals surface area contributed by atoms with Crippen molar-refractivity contribution >= 4 is 22.6 Å². The highest BCUT2D eigenvalue weighted by molar-refractivity contribution is 6.09. The number of aromatic nitrogens is 3. The van der Waals surface area contributed by atoms with Crippen molar-refractivity contribution in [2.24, 2.45) is 0 Å². The zero-order valence-corrected chi connectivity index (χ0v) is 14.8. The topological polar surface area (TPSA) is 61.9 Å². The van der Waals surface area contributed by atoms with Gasteiger partial charge in [-0.25, -0.2) is 4.98 Å². The second-order valence-corrected chi connectivity index (χ2v) is 7.14. The van der Waals surface area contributed by atoms with Gasteiger partial charge < -0.3 is 9.88 Å². The van der Waals surface area contributed by atoms with E-state index in [0.717, 1.165) is 53.1 Å². The van der Waals surface area contributed by atoms with Crippen LogP contribution in [0.25, 0.3) is 22.4 Å². The third-order valence-corrected chi connectivity index (χ3v) is 5.03. The molecule has 0 unspecified atom stereocenters. The van der Waals surface area contributed by atoms with E-state index >= 15 is 0 Å². The monoisotopic (exact) mass is 334 g/mol. The quantitative estimate of drug-likeness (QED) is 0.783. The molecule has 1 aliphatic heterocycles. The summed E-state index contributed by atoms with van der Waals surface area (Å²) >= 11 is 0. The lowest BCUT2D eigenvalue weighted by molar-refractivity contribution is -0.122. The molecule has 0 atom stereocenters. The molecule has 0 aliphatic carbocycles. The molecular formula is C20H22N4O. The minimum atomic E-state index is -0.501. The number of imidazole rings is 1. The maximum atomic E-state index is 12.9. The van der Waals surface area contributed by atoms with Gasteiger partial charge in [0, 0.05) is 24.5 Å². The Morgan fingerprint density at radius 2 is 1.96 bits per heavy atom. The van der Waals surface area contributed by atoms with Crippen molar-refractivity contribution < 1.29 is 4.79 Å². The van der Waals surface area contributed by atoms with Gasteiger partial charge in [-0.3, -0.25) is 9.78 Å². The molecule has 1 N–H and O–H groups in total. The van der Waals surface area contributed by atoms with Crippen molar-refractivity contribution in [3.05, 3.63) is 42.2 Å². The molecule has 3 aromatic rings. The van der Waals surface area contributed by atoms with Gasteiger partial charge >= 0.3 is 0 Å². The smallest absolute Gasteiger partial charge is 0.237 e. The van der Waals surface area contributed by atoms with Crippen LogP contribution in [0.5, 0.6) is 0 Å². The zero-order chi connectivity index (χ0) is 17.6. The molecule has 0 fully saturated rings. The molecule has 5 heteroatoms. The molecule has 4 rings (SSSR count). The van der Waals surface area contributed by atoms with Gasteiger partial charge in [0.05, 0.1) is 22.1 Å². The lowest BCUT2D eigenvalue weighted by Crippen LogP contribution is -2.36. The third kappa shape index (κ3) is 2.42. The van der Waals surface area contributed by atoms with Crippen LogP contribution in [0.2, 0.25) is 0 Å². The molecule has 5 nitrogen and oxygen atoms in total. The van der Waals surface area contributed by atoms with Crippen LogP contribution < -0.4 is 4.90 Å². The Hall–Kier alpha value is -2.69. The summed E-state index contributed by atoms with van der Waals surface area (Å²) in [6.45, 7) is 6.92. The second kappa shape index (κ2) is 5.69. The number of pyridine rings is 1. The number of unbranched alkanes of at least 4 members (excludes halogenated alkanes) is 1. The van der Waals surface area contributed by atoms with Gasteiger partial charge in [0.25, 0.3) is 0 Å². The summed E-state index contributed by atoms with van der Waals surface area (Å²) in [6, 6.07) is 8.01. The summed E-state index contributed by atoms with van der Waals surface area (Å²) in [4.78, 5) is 27.0. The van der Waals surface area contributed by atoms with Crippen molar-refractivity contribution in [3.8, 4) is 11.4 Å². The molecule has 0 saturated carbocycles. The minimum absolute atomic E-state index is 0.179. The standard InChI is InChI=1S/C20H22N4O/c1-4-5-10-24-17-12-16-15(11-14(17)20(2,3)19(24)25)22-18(23-16)13-6-8-21-9-7-13/h6-9,11-12H,4-5,10H2,1-3H3,(H,22,23). The Kier molecular flexibility index (Phi) is 3.60. The van der Waals surface area contributed by atoms with Gasteiger partial charge in [0.15, 0.2) is 0 Å². The average molecular weight is 334 g/mol. The number of aromatic amines is 1. The molecule has 128 valence electrons. The third-order valence-electron chi connectivity index (χ3n) is 5.03. The van der Waals surface area contributed by atoms with Crippen molar-refractivity contribution in [1.82, 2.24) is 15.0 Å². The highest BCUT2D eigenvalue weighted by Gasteiger charge is 2.43. The number of anilines is 1. The fourth-order valence-corrected chi connectivity index (χ4v) is 3.52. The Morgan fingerprint density at radius 3 is 2.68 bits per heavy atom. The van der Waals surface area contributed by atoms with Gasteiger partial charge in [-0.2, -0.15) is 0 Å². The summed E-state index contributed by atoms with van der Waals surface area (Å²) in [6.07, 6.45) is 5.59. The van der Waals surface area contributed by atoms with Crippen LogP contribution in [0.4, 0.5) is 5.69 Å². The molecule has 3 heterocycles. The largest absolute Gasteiger partial charge is 0.338 e. The summed E-state index contributed by atoms with van der Waals surface area (Å²) < 4.78 is 0. The molecule has 0 bridgehead atoms. The van der Waals surface area contributed by atoms with Crippen molar-refractivity contribution in [1.29, 1.82) is 0 Å². The van der Waals surface area contributed by atoms with Crippen LogP contribution in [0.1, 0.15) is 39.2 Å².